The quantitative estimate of drug-likeness (QED) is 0.680. The van der Waals surface area contributed by atoms with Crippen LogP contribution < -0.4 is 15.4 Å². The highest BCUT2D eigenvalue weighted by Gasteiger charge is 2.14. The van der Waals surface area contributed by atoms with Crippen molar-refractivity contribution in [2.45, 2.75) is 20.3 Å². The predicted molar refractivity (Wildman–Crippen MR) is 119 cm³/mol. The molecule has 0 saturated heterocycles. The first-order chi connectivity index (χ1) is 13.8. The molecule has 2 aromatic carbocycles. The van der Waals surface area contributed by atoms with Gasteiger partial charge in [0, 0.05) is 19.8 Å². The summed E-state index contributed by atoms with van der Waals surface area (Å²) in [5, 5.41) is 5.84. The maximum Gasteiger partial charge on any atom is 0.261 e. The van der Waals surface area contributed by atoms with Crippen LogP contribution in [0, 0.1) is 5.92 Å². The molecule has 7 heteroatoms. The molecule has 0 fully saturated rings. The van der Waals surface area contributed by atoms with Crippen molar-refractivity contribution in [3.8, 4) is 5.75 Å². The number of carbonyl (C=O) groups excluding carboxylic acids is 2. The molecule has 0 radical (unpaired) electrons. The molecule has 154 valence electrons. The van der Waals surface area contributed by atoms with Crippen molar-refractivity contribution < 1.29 is 14.3 Å². The lowest BCUT2D eigenvalue weighted by atomic mass is 10.1. The lowest BCUT2D eigenvalue weighted by Gasteiger charge is -2.14. The van der Waals surface area contributed by atoms with E-state index >= 15 is 0 Å². The Morgan fingerprint density at radius 3 is 2.34 bits per heavy atom. The van der Waals surface area contributed by atoms with Crippen molar-refractivity contribution in [2.24, 2.45) is 5.92 Å². The highest BCUT2D eigenvalue weighted by Crippen LogP contribution is 2.19. The van der Waals surface area contributed by atoms with E-state index in [1.165, 1.54) is 0 Å². The summed E-state index contributed by atoms with van der Waals surface area (Å²) >= 11 is 5.25. The molecule has 0 aromatic heterocycles. The molecule has 0 spiro atoms. The molecule has 0 heterocycles. The van der Waals surface area contributed by atoms with Crippen molar-refractivity contribution in [1.29, 1.82) is 0 Å². The van der Waals surface area contributed by atoms with Gasteiger partial charge < -0.3 is 15.0 Å². The highest BCUT2D eigenvalue weighted by molar-refractivity contribution is 7.80. The number of carbonyl (C=O) groups is 2. The molecular weight excluding hydrogens is 386 g/mol. The van der Waals surface area contributed by atoms with Gasteiger partial charge in [0.05, 0.1) is 18.6 Å². The molecule has 2 aromatic rings. The summed E-state index contributed by atoms with van der Waals surface area (Å²) < 4.78 is 5.73. The molecule has 2 rings (SSSR count). The van der Waals surface area contributed by atoms with Crippen molar-refractivity contribution in [1.82, 2.24) is 10.2 Å². The Balaban J connectivity index is 1.95. The van der Waals surface area contributed by atoms with E-state index in [9.17, 15) is 9.59 Å². The van der Waals surface area contributed by atoms with Crippen molar-refractivity contribution in [3.63, 3.8) is 0 Å². The van der Waals surface area contributed by atoms with Gasteiger partial charge in [0.25, 0.3) is 5.91 Å². The van der Waals surface area contributed by atoms with Crippen LogP contribution >= 0.6 is 12.2 Å². The summed E-state index contributed by atoms with van der Waals surface area (Å²) in [5.74, 6) is 0.572. The normalized spacial score (nSPS) is 10.4. The first-order valence-electron chi connectivity index (χ1n) is 9.39. The summed E-state index contributed by atoms with van der Waals surface area (Å²) in [6, 6.07) is 14.4. The first-order valence-corrected chi connectivity index (χ1v) is 9.80. The second-order valence-electron chi connectivity index (χ2n) is 7.27. The van der Waals surface area contributed by atoms with E-state index in [-0.39, 0.29) is 16.9 Å². The van der Waals surface area contributed by atoms with E-state index in [0.717, 1.165) is 11.3 Å². The van der Waals surface area contributed by atoms with E-state index in [2.05, 4.69) is 10.6 Å². The van der Waals surface area contributed by atoms with Crippen LogP contribution in [0.5, 0.6) is 5.75 Å². The van der Waals surface area contributed by atoms with Gasteiger partial charge in [-0.15, -0.1) is 0 Å². The summed E-state index contributed by atoms with van der Waals surface area (Å²) in [5.41, 5.74) is 2.05. The zero-order valence-corrected chi connectivity index (χ0v) is 18.0. The van der Waals surface area contributed by atoms with Crippen LogP contribution in [0.1, 0.15) is 29.8 Å². The van der Waals surface area contributed by atoms with E-state index in [4.69, 9.17) is 17.0 Å². The Morgan fingerprint density at radius 2 is 1.72 bits per heavy atom. The standard InChI is InChI=1S/C22H27N3O3S/c1-15(2)14-28-19-8-6-5-7-18(19)21(27)24-22(29)23-17-11-9-16(10-12-17)13-20(26)25(3)4/h5-12,15H,13-14H2,1-4H3,(H2,23,24,27,29). The molecular formula is C22H27N3O3S. The van der Waals surface area contributed by atoms with E-state index < -0.39 is 0 Å². The van der Waals surface area contributed by atoms with Crippen LogP contribution in [-0.2, 0) is 11.2 Å². The molecule has 0 aliphatic carbocycles. The SMILES string of the molecule is CC(C)COc1ccccc1C(=O)NC(=S)Nc1ccc(CC(=O)N(C)C)cc1. The number of anilines is 1. The molecule has 2 amide bonds. The molecule has 6 nitrogen and oxygen atoms in total. The Morgan fingerprint density at radius 1 is 1.07 bits per heavy atom. The second kappa shape index (κ2) is 10.6. The fourth-order valence-corrected chi connectivity index (χ4v) is 2.62. The Kier molecular flexibility index (Phi) is 8.15. The molecule has 0 aliphatic rings. The number of rotatable bonds is 7. The Labute approximate surface area is 177 Å². The smallest absolute Gasteiger partial charge is 0.261 e. The molecule has 0 unspecified atom stereocenters. The fraction of sp³-hybridized carbons (Fsp3) is 0.318. The molecule has 0 atom stereocenters. The topological polar surface area (TPSA) is 70.7 Å². The van der Waals surface area contributed by atoms with Gasteiger partial charge in [-0.05, 0) is 48.0 Å². The van der Waals surface area contributed by atoms with Gasteiger partial charge in [-0.1, -0.05) is 38.1 Å². The number of hydrogen-bond donors (Lipinski definition) is 2. The highest BCUT2D eigenvalue weighted by atomic mass is 32.1. The van der Waals surface area contributed by atoms with Crippen LogP contribution in [0.15, 0.2) is 48.5 Å². The maximum atomic E-state index is 12.6. The van der Waals surface area contributed by atoms with Gasteiger partial charge >= 0.3 is 0 Å². The summed E-state index contributed by atoms with van der Waals surface area (Å²) in [4.78, 5) is 25.9. The number of nitrogens with zero attached hydrogens (tertiary/aromatic N) is 1. The number of hydrogen-bond acceptors (Lipinski definition) is 4. The van der Waals surface area contributed by atoms with Crippen molar-refractivity contribution in [3.05, 3.63) is 59.7 Å². The van der Waals surface area contributed by atoms with Crippen LogP contribution in [0.25, 0.3) is 0 Å². The van der Waals surface area contributed by atoms with Crippen LogP contribution in [0.4, 0.5) is 5.69 Å². The Bertz CT molecular complexity index is 864. The average molecular weight is 414 g/mol. The van der Waals surface area contributed by atoms with Crippen LogP contribution in [-0.4, -0.2) is 42.5 Å². The third-order valence-corrected chi connectivity index (χ3v) is 4.20. The van der Waals surface area contributed by atoms with Gasteiger partial charge in [0.2, 0.25) is 5.91 Å². The molecule has 0 aliphatic heterocycles. The van der Waals surface area contributed by atoms with E-state index in [1.807, 2.05) is 44.2 Å². The number of nitrogens with one attached hydrogen (secondary N) is 2. The number of likely N-dealkylation sites (N-methyl/N-ethyl adjacent to an activating group) is 1. The largest absolute Gasteiger partial charge is 0.492 e. The number of amides is 2. The predicted octanol–water partition coefficient (Wildman–Crippen LogP) is 3.48. The van der Waals surface area contributed by atoms with E-state index in [1.54, 1.807) is 37.2 Å². The number of benzene rings is 2. The van der Waals surface area contributed by atoms with Crippen molar-refractivity contribution in [2.75, 3.05) is 26.0 Å². The van der Waals surface area contributed by atoms with Gasteiger partial charge in [-0.25, -0.2) is 0 Å². The first kappa shape index (κ1) is 22.4. The minimum Gasteiger partial charge on any atom is -0.492 e. The van der Waals surface area contributed by atoms with Crippen molar-refractivity contribution >= 4 is 34.8 Å². The fourth-order valence-electron chi connectivity index (χ4n) is 2.41. The van der Waals surface area contributed by atoms with Crippen LogP contribution in [0.2, 0.25) is 0 Å². The summed E-state index contributed by atoms with van der Waals surface area (Å²) in [6.07, 6.45) is 0.335. The van der Waals surface area contributed by atoms with Gasteiger partial charge in [-0.3, -0.25) is 14.9 Å². The Hall–Kier alpha value is -2.93. The second-order valence-corrected chi connectivity index (χ2v) is 7.68. The van der Waals surface area contributed by atoms with Crippen LogP contribution in [0.3, 0.4) is 0 Å². The zero-order valence-electron chi connectivity index (χ0n) is 17.2. The monoisotopic (exact) mass is 413 g/mol. The number of thiocarbonyl (C=S) groups is 1. The lowest BCUT2D eigenvalue weighted by Crippen LogP contribution is -2.34. The number of para-hydroxylation sites is 1. The lowest BCUT2D eigenvalue weighted by molar-refractivity contribution is -0.127. The molecule has 29 heavy (non-hydrogen) atoms. The van der Waals surface area contributed by atoms with Gasteiger partial charge in [-0.2, -0.15) is 0 Å². The van der Waals surface area contributed by atoms with E-state index in [0.29, 0.717) is 30.3 Å². The third kappa shape index (κ3) is 7.19. The van der Waals surface area contributed by atoms with Gasteiger partial charge in [0.15, 0.2) is 5.11 Å². The average Bonchev–Trinajstić information content (AvgIpc) is 2.67. The summed E-state index contributed by atoms with van der Waals surface area (Å²) in [7, 11) is 3.46. The summed E-state index contributed by atoms with van der Waals surface area (Å²) in [6.45, 7) is 4.61. The van der Waals surface area contributed by atoms with Gasteiger partial charge in [0.1, 0.15) is 5.75 Å². The third-order valence-electron chi connectivity index (χ3n) is 4.00. The number of ether oxygens (including phenoxy) is 1. The zero-order chi connectivity index (χ0) is 21.4. The molecule has 0 saturated carbocycles. The minimum atomic E-state index is -0.338. The molecule has 0 bridgehead atoms. The minimum absolute atomic E-state index is 0.0341. The molecule has 2 N–H and O–H groups in total. The maximum absolute atomic E-state index is 12.6.